The Labute approximate surface area is 325 Å². The average Bonchev–Trinajstić information content (AvgIpc) is 3.28. The molecule has 1 aromatic heterocycles. The van der Waals surface area contributed by atoms with Crippen molar-refractivity contribution in [1.82, 2.24) is 9.97 Å². The lowest BCUT2D eigenvalue weighted by molar-refractivity contribution is 1.18. The van der Waals surface area contributed by atoms with Gasteiger partial charge in [0.2, 0.25) is 0 Å². The summed E-state index contributed by atoms with van der Waals surface area (Å²) in [5.74, 6) is 0.720. The van der Waals surface area contributed by atoms with Crippen LogP contribution in [-0.4, -0.2) is 9.97 Å². The first-order valence-electron chi connectivity index (χ1n) is 19.1. The van der Waals surface area contributed by atoms with E-state index in [0.717, 1.165) is 39.5 Å². The molecular weight excluding hydrogens is 677 g/mol. The molecule has 0 saturated carbocycles. The van der Waals surface area contributed by atoms with E-state index in [9.17, 15) is 0 Å². The van der Waals surface area contributed by atoms with Gasteiger partial charge in [-0.1, -0.05) is 188 Å². The van der Waals surface area contributed by atoms with Crippen LogP contribution in [0.25, 0.3) is 110 Å². The maximum absolute atomic E-state index is 5.03. The van der Waals surface area contributed by atoms with Crippen LogP contribution in [0, 0.1) is 0 Å². The standard InChI is InChI=1S/C54H34N2/c1-3-12-38(13-4-1)50-34-51(56-54(55-50)41-14-5-2-6-15-41)39-28-26-36(27-29-39)35-22-24-37(25-23-35)43-32-42-31-30-40-16-11-21-48-46-19-9-7-17-44(46)45-18-8-10-20-47(45)49(33-43)53(42)52(40)48/h1-34H. The summed E-state index contributed by atoms with van der Waals surface area (Å²) in [5.41, 5.74) is 9.66. The molecule has 0 aliphatic rings. The molecular formula is C54H34N2. The SMILES string of the molecule is c1ccc(-c2cc(-c3ccc(-c4ccc(-c5cc6ccc7cccc8c9ccccc9c9ccccc9c(c5)c6c78)cc4)cc3)nc(-c3ccccc3)n2)cc1. The quantitative estimate of drug-likeness (QED) is 0.166. The lowest BCUT2D eigenvalue weighted by Gasteiger charge is -2.15. The third-order valence-electron chi connectivity index (χ3n) is 11.2. The van der Waals surface area contributed by atoms with Gasteiger partial charge in [0.1, 0.15) is 0 Å². The summed E-state index contributed by atoms with van der Waals surface area (Å²) in [6, 6.07) is 74.2. The van der Waals surface area contributed by atoms with Crippen molar-refractivity contribution in [2.24, 2.45) is 0 Å². The van der Waals surface area contributed by atoms with E-state index in [1.807, 2.05) is 36.4 Å². The van der Waals surface area contributed by atoms with Gasteiger partial charge < -0.3 is 0 Å². The van der Waals surface area contributed by atoms with Crippen LogP contribution in [0.5, 0.6) is 0 Å². The third-order valence-corrected chi connectivity index (χ3v) is 11.2. The zero-order chi connectivity index (χ0) is 37.0. The van der Waals surface area contributed by atoms with Gasteiger partial charge in [-0.05, 0) is 94.3 Å². The van der Waals surface area contributed by atoms with Crippen LogP contribution in [0.4, 0.5) is 0 Å². The molecule has 0 fully saturated rings. The van der Waals surface area contributed by atoms with E-state index in [0.29, 0.717) is 0 Å². The molecule has 0 aliphatic carbocycles. The van der Waals surface area contributed by atoms with Crippen LogP contribution in [0.1, 0.15) is 0 Å². The predicted molar refractivity (Wildman–Crippen MR) is 237 cm³/mol. The highest BCUT2D eigenvalue weighted by Crippen LogP contribution is 2.42. The molecule has 2 heteroatoms. The van der Waals surface area contributed by atoms with Gasteiger partial charge in [-0.3, -0.25) is 0 Å². The molecule has 0 unspecified atom stereocenters. The van der Waals surface area contributed by atoms with Gasteiger partial charge in [0.15, 0.2) is 5.82 Å². The van der Waals surface area contributed by atoms with Gasteiger partial charge in [0.25, 0.3) is 0 Å². The first-order valence-corrected chi connectivity index (χ1v) is 19.1. The Bertz CT molecular complexity index is 3200. The fourth-order valence-electron chi connectivity index (χ4n) is 8.51. The molecule has 0 aliphatic heterocycles. The first kappa shape index (κ1) is 32.0. The van der Waals surface area contributed by atoms with Crippen molar-refractivity contribution in [3.8, 4) is 56.2 Å². The summed E-state index contributed by atoms with van der Waals surface area (Å²) >= 11 is 0. The summed E-state index contributed by atoms with van der Waals surface area (Å²) in [7, 11) is 0. The van der Waals surface area contributed by atoms with E-state index in [1.165, 1.54) is 70.6 Å². The molecule has 260 valence electrons. The summed E-state index contributed by atoms with van der Waals surface area (Å²) in [6.07, 6.45) is 0. The zero-order valence-corrected chi connectivity index (χ0v) is 30.5. The van der Waals surface area contributed by atoms with E-state index >= 15 is 0 Å². The highest BCUT2D eigenvalue weighted by Gasteiger charge is 2.15. The van der Waals surface area contributed by atoms with E-state index < -0.39 is 0 Å². The van der Waals surface area contributed by atoms with Crippen LogP contribution >= 0.6 is 0 Å². The van der Waals surface area contributed by atoms with Gasteiger partial charge >= 0.3 is 0 Å². The maximum atomic E-state index is 5.03. The number of benzene rings is 9. The lowest BCUT2D eigenvalue weighted by atomic mass is 9.88. The predicted octanol–water partition coefficient (Wildman–Crippen LogP) is 14.6. The number of hydrogen-bond acceptors (Lipinski definition) is 2. The smallest absolute Gasteiger partial charge is 0.160 e. The number of rotatable bonds is 5. The molecule has 2 nitrogen and oxygen atoms in total. The van der Waals surface area contributed by atoms with Gasteiger partial charge in [-0.25, -0.2) is 9.97 Å². The molecule has 0 amide bonds. The zero-order valence-electron chi connectivity index (χ0n) is 30.5. The monoisotopic (exact) mass is 710 g/mol. The second-order valence-electron chi connectivity index (χ2n) is 14.5. The minimum atomic E-state index is 0.720. The van der Waals surface area contributed by atoms with Crippen molar-refractivity contribution in [2.45, 2.75) is 0 Å². The van der Waals surface area contributed by atoms with Gasteiger partial charge in [0.05, 0.1) is 11.4 Å². The number of aromatic nitrogens is 2. The van der Waals surface area contributed by atoms with E-state index in [2.05, 4.69) is 170 Å². The highest BCUT2D eigenvalue weighted by atomic mass is 14.9. The molecule has 11 aromatic rings. The third kappa shape index (κ3) is 5.42. The largest absolute Gasteiger partial charge is 0.228 e. The second-order valence-corrected chi connectivity index (χ2v) is 14.5. The maximum Gasteiger partial charge on any atom is 0.160 e. The molecule has 0 N–H and O–H groups in total. The van der Waals surface area contributed by atoms with Crippen molar-refractivity contribution in [3.05, 3.63) is 206 Å². The minimum Gasteiger partial charge on any atom is -0.228 e. The number of hydrogen-bond donors (Lipinski definition) is 0. The molecule has 1 heterocycles. The molecule has 11 rings (SSSR count). The molecule has 0 atom stereocenters. The molecule has 0 radical (unpaired) electrons. The highest BCUT2D eigenvalue weighted by molar-refractivity contribution is 6.33. The van der Waals surface area contributed by atoms with Crippen molar-refractivity contribution in [1.29, 1.82) is 0 Å². The molecule has 10 aromatic carbocycles. The van der Waals surface area contributed by atoms with E-state index in [4.69, 9.17) is 9.97 Å². The van der Waals surface area contributed by atoms with E-state index in [-0.39, 0.29) is 0 Å². The Morgan fingerprint density at radius 2 is 0.661 bits per heavy atom. The van der Waals surface area contributed by atoms with Crippen LogP contribution in [0.3, 0.4) is 0 Å². The molecule has 0 bridgehead atoms. The summed E-state index contributed by atoms with van der Waals surface area (Å²) in [4.78, 5) is 9.99. The van der Waals surface area contributed by atoms with Gasteiger partial charge in [-0.2, -0.15) is 0 Å². The number of fused-ring (bicyclic) bond motifs is 5. The van der Waals surface area contributed by atoms with Crippen LogP contribution in [-0.2, 0) is 0 Å². The second kappa shape index (κ2) is 13.2. The van der Waals surface area contributed by atoms with Crippen LogP contribution < -0.4 is 0 Å². The first-order chi connectivity index (χ1) is 27.7. The normalized spacial score (nSPS) is 11.6. The fraction of sp³-hybridized carbons (Fsp3) is 0. The summed E-state index contributed by atoms with van der Waals surface area (Å²) < 4.78 is 0. The average molecular weight is 711 g/mol. The Morgan fingerprint density at radius 3 is 1.27 bits per heavy atom. The Balaban J connectivity index is 0.998. The topological polar surface area (TPSA) is 25.8 Å². The Kier molecular flexibility index (Phi) is 7.53. The number of nitrogens with zero attached hydrogens (tertiary/aromatic N) is 2. The van der Waals surface area contributed by atoms with Gasteiger partial charge in [0, 0.05) is 16.7 Å². The summed E-state index contributed by atoms with van der Waals surface area (Å²) in [5, 5.41) is 12.8. The minimum absolute atomic E-state index is 0.720. The van der Waals surface area contributed by atoms with Crippen LogP contribution in [0.2, 0.25) is 0 Å². The fourth-order valence-corrected chi connectivity index (χ4v) is 8.51. The van der Waals surface area contributed by atoms with Crippen molar-refractivity contribution in [2.75, 3.05) is 0 Å². The molecule has 0 saturated heterocycles. The van der Waals surface area contributed by atoms with Crippen molar-refractivity contribution >= 4 is 53.9 Å². The van der Waals surface area contributed by atoms with Crippen molar-refractivity contribution < 1.29 is 0 Å². The van der Waals surface area contributed by atoms with Gasteiger partial charge in [-0.15, -0.1) is 0 Å². The van der Waals surface area contributed by atoms with E-state index in [1.54, 1.807) is 0 Å². The van der Waals surface area contributed by atoms with Crippen LogP contribution in [0.15, 0.2) is 206 Å². The van der Waals surface area contributed by atoms with Crippen molar-refractivity contribution in [3.63, 3.8) is 0 Å². The lowest BCUT2D eigenvalue weighted by Crippen LogP contribution is -1.95. The molecule has 56 heavy (non-hydrogen) atoms. The summed E-state index contributed by atoms with van der Waals surface area (Å²) in [6.45, 7) is 0. The Morgan fingerprint density at radius 1 is 0.232 bits per heavy atom. The molecule has 0 spiro atoms. The Hall–Kier alpha value is -7.42.